The number of aliphatic imine (C=N–C) groups is 1. The van der Waals surface area contributed by atoms with E-state index in [1.54, 1.807) is 0 Å². The van der Waals surface area contributed by atoms with Crippen molar-refractivity contribution in [2.75, 3.05) is 14.1 Å². The van der Waals surface area contributed by atoms with Crippen molar-refractivity contribution in [1.82, 2.24) is 9.88 Å². The zero-order chi connectivity index (χ0) is 19.6. The molecule has 0 aliphatic heterocycles. The lowest BCUT2D eigenvalue weighted by Crippen LogP contribution is -2.23. The van der Waals surface area contributed by atoms with E-state index in [1.165, 1.54) is 38.9 Å². The Labute approximate surface area is 163 Å². The Morgan fingerprint density at radius 1 is 1.00 bits per heavy atom. The molecule has 3 rings (SSSR count). The van der Waals surface area contributed by atoms with Gasteiger partial charge in [0.25, 0.3) is 0 Å². The first kappa shape index (κ1) is 19.1. The van der Waals surface area contributed by atoms with E-state index < -0.39 is 0 Å². The van der Waals surface area contributed by atoms with E-state index in [0.717, 1.165) is 5.84 Å². The Kier molecular flexibility index (Phi) is 5.59. The zero-order valence-electron chi connectivity index (χ0n) is 17.2. The van der Waals surface area contributed by atoms with Gasteiger partial charge < -0.3 is 4.90 Å². The third-order valence-corrected chi connectivity index (χ3v) is 5.05. The van der Waals surface area contributed by atoms with Gasteiger partial charge in [-0.2, -0.15) is 0 Å². The molecule has 2 aliphatic rings. The minimum atomic E-state index is 0.506. The van der Waals surface area contributed by atoms with Crippen LogP contribution in [0.3, 0.4) is 0 Å². The summed E-state index contributed by atoms with van der Waals surface area (Å²) >= 11 is 0. The van der Waals surface area contributed by atoms with Crippen LogP contribution >= 0.6 is 0 Å². The van der Waals surface area contributed by atoms with Crippen LogP contribution in [0.5, 0.6) is 0 Å². The van der Waals surface area contributed by atoms with Crippen molar-refractivity contribution < 1.29 is 0 Å². The highest BCUT2D eigenvalue weighted by atomic mass is 15.1. The molecule has 1 aromatic heterocycles. The van der Waals surface area contributed by atoms with Gasteiger partial charge in [0.2, 0.25) is 0 Å². The van der Waals surface area contributed by atoms with Crippen LogP contribution in [0.25, 0.3) is 11.1 Å². The molecule has 2 aliphatic carbocycles. The van der Waals surface area contributed by atoms with E-state index in [-0.39, 0.29) is 0 Å². The Morgan fingerprint density at radius 2 is 1.70 bits per heavy atom. The smallest absolute Gasteiger partial charge is 0.131 e. The lowest BCUT2D eigenvalue weighted by Gasteiger charge is -2.17. The molecule has 1 aromatic rings. The second-order valence-electron chi connectivity index (χ2n) is 7.73. The van der Waals surface area contributed by atoms with Gasteiger partial charge in [0.05, 0.1) is 6.54 Å². The summed E-state index contributed by atoms with van der Waals surface area (Å²) in [6, 6.07) is 13.2. The summed E-state index contributed by atoms with van der Waals surface area (Å²) in [5.74, 6) is 1.52. The van der Waals surface area contributed by atoms with Gasteiger partial charge in [-0.15, -0.1) is 0 Å². The maximum absolute atomic E-state index is 4.96. The molecule has 3 heteroatoms. The number of hydrogen-bond donors (Lipinski definition) is 0. The first-order valence-electron chi connectivity index (χ1n) is 9.53. The molecule has 3 nitrogen and oxygen atoms in total. The van der Waals surface area contributed by atoms with Gasteiger partial charge in [0, 0.05) is 32.1 Å². The highest BCUT2D eigenvalue weighted by molar-refractivity contribution is 6.07. The summed E-state index contributed by atoms with van der Waals surface area (Å²) in [5, 5.41) is 0. The number of amidine groups is 1. The predicted octanol–water partition coefficient (Wildman–Crippen LogP) is 5.44. The molecular weight excluding hydrogens is 330 g/mol. The van der Waals surface area contributed by atoms with E-state index in [4.69, 9.17) is 4.99 Å². The van der Waals surface area contributed by atoms with Gasteiger partial charge in [0.15, 0.2) is 0 Å². The molecule has 0 bridgehead atoms. The summed E-state index contributed by atoms with van der Waals surface area (Å²) in [6.45, 7) is 9.54. The van der Waals surface area contributed by atoms with E-state index in [1.807, 2.05) is 24.5 Å². The quantitative estimate of drug-likeness (QED) is 0.459. The van der Waals surface area contributed by atoms with E-state index >= 15 is 0 Å². The van der Waals surface area contributed by atoms with E-state index in [9.17, 15) is 0 Å². The Hall–Kier alpha value is -2.68. The van der Waals surface area contributed by atoms with Crippen molar-refractivity contribution in [2.45, 2.75) is 40.2 Å². The topological polar surface area (TPSA) is 28.5 Å². The van der Waals surface area contributed by atoms with Crippen molar-refractivity contribution in [3.05, 3.63) is 76.6 Å². The number of hydrogen-bond acceptors (Lipinski definition) is 2. The van der Waals surface area contributed by atoms with Gasteiger partial charge >= 0.3 is 0 Å². The van der Waals surface area contributed by atoms with Crippen molar-refractivity contribution in [3.63, 3.8) is 0 Å². The molecule has 0 fully saturated rings. The summed E-state index contributed by atoms with van der Waals surface area (Å²) in [4.78, 5) is 11.2. The van der Waals surface area contributed by atoms with Crippen LogP contribution in [0.2, 0.25) is 0 Å². The van der Waals surface area contributed by atoms with Crippen LogP contribution in [-0.2, 0) is 6.54 Å². The van der Waals surface area contributed by atoms with Crippen LogP contribution in [0.1, 0.15) is 47.6 Å². The minimum Gasteiger partial charge on any atom is -0.363 e. The van der Waals surface area contributed by atoms with Gasteiger partial charge in [-0.25, -0.2) is 0 Å². The van der Waals surface area contributed by atoms with Crippen molar-refractivity contribution in [1.29, 1.82) is 0 Å². The molecule has 0 spiro atoms. The molecule has 0 saturated heterocycles. The Morgan fingerprint density at radius 3 is 2.33 bits per heavy atom. The number of rotatable bonds is 4. The molecular formula is C24H29N3. The first-order chi connectivity index (χ1) is 12.9. The van der Waals surface area contributed by atoms with Crippen LogP contribution in [0, 0.1) is 13.8 Å². The normalized spacial score (nSPS) is 12.0. The molecule has 27 heavy (non-hydrogen) atoms. The first-order valence-corrected chi connectivity index (χ1v) is 9.53. The highest BCUT2D eigenvalue weighted by Gasteiger charge is 2.20. The molecule has 0 radical (unpaired) electrons. The van der Waals surface area contributed by atoms with Gasteiger partial charge in [-0.3, -0.25) is 9.98 Å². The average molecular weight is 360 g/mol. The van der Waals surface area contributed by atoms with Crippen LogP contribution in [-0.4, -0.2) is 29.8 Å². The maximum Gasteiger partial charge on any atom is 0.131 e. The van der Waals surface area contributed by atoms with Crippen molar-refractivity contribution in [2.24, 2.45) is 4.99 Å². The molecule has 140 valence electrons. The molecule has 0 aromatic carbocycles. The monoisotopic (exact) mass is 359 g/mol. The number of aryl methyl sites for hydroxylation is 2. The predicted molar refractivity (Wildman–Crippen MR) is 115 cm³/mol. The largest absolute Gasteiger partial charge is 0.363 e. The number of pyridine rings is 1. The fourth-order valence-corrected chi connectivity index (χ4v) is 3.50. The summed E-state index contributed by atoms with van der Waals surface area (Å²) in [7, 11) is 4.13. The third kappa shape index (κ3) is 4.02. The summed E-state index contributed by atoms with van der Waals surface area (Å²) in [5.41, 5.74) is 8.98. The summed E-state index contributed by atoms with van der Waals surface area (Å²) < 4.78 is 0. The van der Waals surface area contributed by atoms with Gasteiger partial charge in [-0.05, 0) is 71.3 Å². The van der Waals surface area contributed by atoms with Gasteiger partial charge in [0.1, 0.15) is 5.84 Å². The van der Waals surface area contributed by atoms with Crippen molar-refractivity contribution >= 4 is 5.84 Å². The Balaban J connectivity index is 2.12. The molecule has 0 N–H and O–H groups in total. The zero-order valence-corrected chi connectivity index (χ0v) is 17.2. The maximum atomic E-state index is 4.96. The number of aromatic nitrogens is 1. The average Bonchev–Trinajstić information content (AvgIpc) is 2.83. The lowest BCUT2D eigenvalue weighted by atomic mass is 10.00. The molecule has 1 heterocycles. The standard InChI is InChI=1S/C24H29N3/c1-16(2)20-8-7-17(3)23-21(14-20)18(4)13-22(23)24(27(5)6)26-15-19-9-11-25-12-10-19/h7-14,16H,15H2,1-6H3. The fraction of sp³-hybridized carbons (Fsp3) is 0.333. The van der Waals surface area contributed by atoms with Crippen LogP contribution in [0.4, 0.5) is 0 Å². The van der Waals surface area contributed by atoms with Crippen LogP contribution < -0.4 is 0 Å². The molecule has 0 unspecified atom stereocenters. The highest BCUT2D eigenvalue weighted by Crippen LogP contribution is 2.36. The SMILES string of the molecule is Cc1cc(C(=NCc2ccncc2)N(C)C)c2c(C)ccc(C(C)C)cc1-2. The minimum absolute atomic E-state index is 0.506. The molecule has 0 atom stereocenters. The van der Waals surface area contributed by atoms with Crippen LogP contribution in [0.15, 0.2) is 53.8 Å². The number of nitrogens with zero attached hydrogens (tertiary/aromatic N) is 3. The second-order valence-corrected chi connectivity index (χ2v) is 7.73. The number of fused-ring (bicyclic) bond motifs is 1. The molecule has 0 saturated carbocycles. The Bertz CT molecular complexity index is 924. The second kappa shape index (κ2) is 7.91. The lowest BCUT2D eigenvalue weighted by molar-refractivity contribution is 0.619. The van der Waals surface area contributed by atoms with Gasteiger partial charge in [-0.1, -0.05) is 32.0 Å². The van der Waals surface area contributed by atoms with Crippen molar-refractivity contribution in [3.8, 4) is 11.1 Å². The molecule has 0 amide bonds. The fourth-order valence-electron chi connectivity index (χ4n) is 3.50. The summed E-state index contributed by atoms with van der Waals surface area (Å²) in [6.07, 6.45) is 3.64. The van der Waals surface area contributed by atoms with E-state index in [0.29, 0.717) is 12.5 Å². The van der Waals surface area contributed by atoms with E-state index in [2.05, 4.69) is 75.9 Å². The third-order valence-electron chi connectivity index (χ3n) is 5.05.